The Hall–Kier alpha value is -2.35. The fourth-order valence-electron chi connectivity index (χ4n) is 1.50. The third kappa shape index (κ3) is 3.40. The van der Waals surface area contributed by atoms with Crippen molar-refractivity contribution in [3.05, 3.63) is 57.8 Å². The predicted molar refractivity (Wildman–Crippen MR) is 73.2 cm³/mol. The molecule has 2 aromatic rings. The van der Waals surface area contributed by atoms with E-state index >= 15 is 0 Å². The number of rotatable bonds is 3. The van der Waals surface area contributed by atoms with Crippen molar-refractivity contribution in [3.63, 3.8) is 0 Å². The molecule has 0 spiro atoms. The fourth-order valence-corrected chi connectivity index (χ4v) is 1.84. The summed E-state index contributed by atoms with van der Waals surface area (Å²) in [6.45, 7) is 0. The second kappa shape index (κ2) is 5.96. The zero-order valence-electron chi connectivity index (χ0n) is 10.2. The van der Waals surface area contributed by atoms with Crippen LogP contribution < -0.4 is 5.32 Å². The van der Waals surface area contributed by atoms with Crippen molar-refractivity contribution in [1.82, 2.24) is 4.98 Å². The molecule has 1 aromatic carbocycles. The van der Waals surface area contributed by atoms with E-state index in [-0.39, 0.29) is 21.4 Å². The minimum absolute atomic E-state index is 0.0118. The number of hydrogen-bond acceptors (Lipinski definition) is 3. The molecule has 0 saturated heterocycles. The Bertz CT molecular complexity index is 737. The molecule has 2 N–H and O–H groups in total. The molecular weight excluding hydrogens is 350 g/mol. The summed E-state index contributed by atoms with van der Waals surface area (Å²) in [6.07, 6.45) is 1.15. The average molecular weight is 357 g/mol. The molecule has 1 heterocycles. The van der Waals surface area contributed by atoms with Crippen LogP contribution >= 0.6 is 15.9 Å². The first-order valence-corrected chi connectivity index (χ1v) is 6.33. The summed E-state index contributed by atoms with van der Waals surface area (Å²) >= 11 is 2.88. The Kier molecular flexibility index (Phi) is 4.27. The van der Waals surface area contributed by atoms with Crippen LogP contribution in [0.3, 0.4) is 0 Å². The maximum Gasteiger partial charge on any atom is 0.354 e. The molecule has 0 atom stereocenters. The second-order valence-corrected chi connectivity index (χ2v) is 4.79. The summed E-state index contributed by atoms with van der Waals surface area (Å²) in [5.74, 6) is -3.78. The number of anilines is 1. The molecule has 108 valence electrons. The molecule has 0 bridgehead atoms. The van der Waals surface area contributed by atoms with Gasteiger partial charge in [0.15, 0.2) is 0 Å². The largest absolute Gasteiger partial charge is 0.477 e. The molecule has 0 saturated carbocycles. The zero-order valence-corrected chi connectivity index (χ0v) is 11.8. The molecule has 21 heavy (non-hydrogen) atoms. The number of benzene rings is 1. The van der Waals surface area contributed by atoms with Crippen molar-refractivity contribution < 1.29 is 23.5 Å². The van der Waals surface area contributed by atoms with E-state index < -0.39 is 23.5 Å². The number of halogens is 3. The highest BCUT2D eigenvalue weighted by Gasteiger charge is 2.14. The van der Waals surface area contributed by atoms with Gasteiger partial charge in [0.05, 0.1) is 10.2 Å². The van der Waals surface area contributed by atoms with Crippen LogP contribution in [0.15, 0.2) is 34.9 Å². The van der Waals surface area contributed by atoms with E-state index in [1.54, 1.807) is 0 Å². The van der Waals surface area contributed by atoms with Gasteiger partial charge in [-0.2, -0.15) is 0 Å². The first-order chi connectivity index (χ1) is 9.88. The van der Waals surface area contributed by atoms with E-state index in [9.17, 15) is 18.4 Å². The monoisotopic (exact) mass is 356 g/mol. The molecule has 1 amide bonds. The predicted octanol–water partition coefficient (Wildman–Crippen LogP) is 3.07. The number of aromatic carboxylic acids is 1. The van der Waals surface area contributed by atoms with Gasteiger partial charge in [-0.25, -0.2) is 18.6 Å². The maximum atomic E-state index is 13.5. The van der Waals surface area contributed by atoms with Gasteiger partial charge in [0.2, 0.25) is 0 Å². The average Bonchev–Trinajstić information content (AvgIpc) is 2.44. The number of amides is 1. The molecule has 8 heteroatoms. The van der Waals surface area contributed by atoms with Gasteiger partial charge in [-0.1, -0.05) is 0 Å². The lowest BCUT2D eigenvalue weighted by molar-refractivity contribution is 0.0690. The van der Waals surface area contributed by atoms with Gasteiger partial charge in [0.1, 0.15) is 17.3 Å². The summed E-state index contributed by atoms with van der Waals surface area (Å²) in [6, 6.07) is 4.02. The molecule has 1 aromatic heterocycles. The van der Waals surface area contributed by atoms with Crippen LogP contribution in [0.1, 0.15) is 20.8 Å². The van der Waals surface area contributed by atoms with Gasteiger partial charge in [-0.15, -0.1) is 0 Å². The number of nitrogens with zero attached hydrogens (tertiary/aromatic N) is 1. The molecular formula is C13H7BrF2N2O3. The topological polar surface area (TPSA) is 79.3 Å². The number of carbonyl (C=O) groups excluding carboxylic acids is 1. The minimum atomic E-state index is -1.29. The van der Waals surface area contributed by atoms with Gasteiger partial charge in [0, 0.05) is 17.8 Å². The molecule has 2 rings (SSSR count). The SMILES string of the molecule is O=C(Nc1cc(Br)c(F)cc1F)c1ccnc(C(=O)O)c1. The lowest BCUT2D eigenvalue weighted by Gasteiger charge is -2.08. The van der Waals surface area contributed by atoms with Crippen LogP contribution in [0.25, 0.3) is 0 Å². The van der Waals surface area contributed by atoms with Crippen LogP contribution in [0.2, 0.25) is 0 Å². The Morgan fingerprint density at radius 2 is 1.90 bits per heavy atom. The smallest absolute Gasteiger partial charge is 0.354 e. The summed E-state index contributed by atoms with van der Waals surface area (Å²) in [5, 5.41) is 11.0. The van der Waals surface area contributed by atoms with E-state index in [1.807, 2.05) is 0 Å². The van der Waals surface area contributed by atoms with Crippen LogP contribution in [-0.4, -0.2) is 22.0 Å². The third-order valence-electron chi connectivity index (χ3n) is 2.50. The van der Waals surface area contributed by atoms with E-state index in [2.05, 4.69) is 26.2 Å². The fraction of sp³-hybridized carbons (Fsp3) is 0. The first-order valence-electron chi connectivity index (χ1n) is 5.53. The van der Waals surface area contributed by atoms with Crippen molar-refractivity contribution in [3.8, 4) is 0 Å². The summed E-state index contributed by atoms with van der Waals surface area (Å²) in [4.78, 5) is 26.3. The van der Waals surface area contributed by atoms with Crippen LogP contribution in [0.4, 0.5) is 14.5 Å². The van der Waals surface area contributed by atoms with E-state index in [0.29, 0.717) is 6.07 Å². The van der Waals surface area contributed by atoms with Crippen LogP contribution in [0.5, 0.6) is 0 Å². The number of pyridine rings is 1. The third-order valence-corrected chi connectivity index (χ3v) is 3.11. The van der Waals surface area contributed by atoms with Crippen molar-refractivity contribution in [2.75, 3.05) is 5.32 Å². The summed E-state index contributed by atoms with van der Waals surface area (Å²) in [7, 11) is 0. The Labute approximate surface area is 125 Å². The summed E-state index contributed by atoms with van der Waals surface area (Å²) < 4.78 is 26.6. The highest BCUT2D eigenvalue weighted by atomic mass is 79.9. The van der Waals surface area contributed by atoms with Gasteiger partial charge >= 0.3 is 5.97 Å². The number of carboxylic acids is 1. The molecule has 0 aliphatic rings. The lowest BCUT2D eigenvalue weighted by Crippen LogP contribution is -2.14. The van der Waals surface area contributed by atoms with Gasteiger partial charge in [-0.3, -0.25) is 4.79 Å². The molecule has 0 aliphatic carbocycles. The van der Waals surface area contributed by atoms with E-state index in [0.717, 1.165) is 18.3 Å². The molecule has 0 aliphatic heterocycles. The number of hydrogen-bond donors (Lipinski definition) is 2. The van der Waals surface area contributed by atoms with Gasteiger partial charge in [-0.05, 0) is 34.1 Å². The Balaban J connectivity index is 2.28. The van der Waals surface area contributed by atoms with Crippen molar-refractivity contribution >= 4 is 33.5 Å². The Morgan fingerprint density at radius 1 is 1.19 bits per heavy atom. The highest BCUT2D eigenvalue weighted by Crippen LogP contribution is 2.24. The molecule has 0 radical (unpaired) electrons. The Morgan fingerprint density at radius 3 is 2.57 bits per heavy atom. The number of aromatic nitrogens is 1. The quantitative estimate of drug-likeness (QED) is 0.828. The summed E-state index contributed by atoms with van der Waals surface area (Å²) in [5.41, 5.74) is -0.562. The highest BCUT2D eigenvalue weighted by molar-refractivity contribution is 9.10. The normalized spacial score (nSPS) is 10.2. The van der Waals surface area contributed by atoms with Crippen molar-refractivity contribution in [2.24, 2.45) is 0 Å². The molecule has 5 nitrogen and oxygen atoms in total. The standard InChI is InChI=1S/C13H7BrF2N2O3/c14-7-4-10(9(16)5-8(7)15)18-12(19)6-1-2-17-11(3-6)13(20)21/h1-5H,(H,18,19)(H,20,21). The van der Waals surface area contributed by atoms with Crippen LogP contribution in [-0.2, 0) is 0 Å². The van der Waals surface area contributed by atoms with Crippen molar-refractivity contribution in [1.29, 1.82) is 0 Å². The first kappa shape index (κ1) is 15.0. The molecule has 0 unspecified atom stereocenters. The van der Waals surface area contributed by atoms with Gasteiger partial charge in [0.25, 0.3) is 5.91 Å². The second-order valence-electron chi connectivity index (χ2n) is 3.94. The zero-order chi connectivity index (χ0) is 15.6. The number of carbonyl (C=O) groups is 2. The maximum absolute atomic E-state index is 13.5. The van der Waals surface area contributed by atoms with Gasteiger partial charge < -0.3 is 10.4 Å². The number of nitrogens with one attached hydrogen (secondary N) is 1. The van der Waals surface area contributed by atoms with Crippen LogP contribution in [0, 0.1) is 11.6 Å². The minimum Gasteiger partial charge on any atom is -0.477 e. The van der Waals surface area contributed by atoms with E-state index in [1.165, 1.54) is 6.07 Å². The molecule has 0 fully saturated rings. The lowest BCUT2D eigenvalue weighted by atomic mass is 10.2. The van der Waals surface area contributed by atoms with E-state index in [4.69, 9.17) is 5.11 Å². The van der Waals surface area contributed by atoms with Crippen molar-refractivity contribution in [2.45, 2.75) is 0 Å². The number of carboxylic acid groups (broad SMARTS) is 1.